The molecule has 0 aromatic heterocycles. The number of ketones is 1. The average Bonchev–Trinajstić information content (AvgIpc) is 2.40. The molecule has 3 nitrogen and oxygen atoms in total. The summed E-state index contributed by atoms with van der Waals surface area (Å²) in [4.78, 5) is 13.2. The fraction of sp³-hybridized carbons (Fsp3) is 0.400. The summed E-state index contributed by atoms with van der Waals surface area (Å²) in [5.41, 5.74) is 2.21. The average molecular weight is 263 g/mol. The van der Waals surface area contributed by atoms with Crippen molar-refractivity contribution in [3.05, 3.63) is 41.2 Å². The summed E-state index contributed by atoms with van der Waals surface area (Å²) in [6.45, 7) is 3.52. The number of carbonyl (C=O) groups excluding carboxylic acids is 1. The van der Waals surface area contributed by atoms with Gasteiger partial charge in [-0.25, -0.2) is 4.39 Å². The van der Waals surface area contributed by atoms with Crippen LogP contribution in [0, 0.1) is 5.82 Å². The van der Waals surface area contributed by atoms with E-state index in [1.54, 1.807) is 19.2 Å². The molecule has 1 aliphatic rings. The van der Waals surface area contributed by atoms with Crippen molar-refractivity contribution < 1.29 is 13.9 Å². The molecule has 102 valence electrons. The second-order valence-corrected chi connectivity index (χ2v) is 4.71. The van der Waals surface area contributed by atoms with Crippen LogP contribution in [0.15, 0.2) is 29.8 Å². The van der Waals surface area contributed by atoms with Crippen molar-refractivity contribution in [3.63, 3.8) is 0 Å². The number of halogens is 1. The van der Waals surface area contributed by atoms with Gasteiger partial charge in [0.15, 0.2) is 5.78 Å². The molecule has 0 N–H and O–H groups in total. The summed E-state index contributed by atoms with van der Waals surface area (Å²) >= 11 is 0. The van der Waals surface area contributed by atoms with Crippen LogP contribution in [-0.4, -0.2) is 32.6 Å². The van der Waals surface area contributed by atoms with Gasteiger partial charge < -0.3 is 9.64 Å². The summed E-state index contributed by atoms with van der Waals surface area (Å²) in [6, 6.07) is 4.67. The van der Waals surface area contributed by atoms with Crippen molar-refractivity contribution in [1.82, 2.24) is 0 Å². The molecule has 2 rings (SSSR count). The standard InChI is InChI=1S/C15H18FNO2/c1-11(18)13-3-4-15(14(16)9-13)17-7-5-12(6-8-17)10-19-2/h3-5,9H,6-8,10H2,1-2H3. The van der Waals surface area contributed by atoms with E-state index in [0.29, 0.717) is 24.4 Å². The molecule has 0 atom stereocenters. The summed E-state index contributed by atoms with van der Waals surface area (Å²) in [7, 11) is 1.67. The number of benzene rings is 1. The van der Waals surface area contributed by atoms with Crippen LogP contribution in [-0.2, 0) is 4.74 Å². The van der Waals surface area contributed by atoms with Crippen molar-refractivity contribution in [2.45, 2.75) is 13.3 Å². The zero-order chi connectivity index (χ0) is 13.8. The lowest BCUT2D eigenvalue weighted by molar-refractivity contribution is 0.101. The maximum absolute atomic E-state index is 14.0. The molecule has 0 radical (unpaired) electrons. The van der Waals surface area contributed by atoms with Gasteiger partial charge in [0.05, 0.1) is 12.3 Å². The molecule has 19 heavy (non-hydrogen) atoms. The molecule has 1 aliphatic heterocycles. The Balaban J connectivity index is 2.14. The predicted octanol–water partition coefficient (Wildman–Crippen LogP) is 2.81. The third-order valence-electron chi connectivity index (χ3n) is 3.33. The van der Waals surface area contributed by atoms with Gasteiger partial charge in [0.25, 0.3) is 0 Å². The normalized spacial score (nSPS) is 15.3. The first kappa shape index (κ1) is 13.7. The Morgan fingerprint density at radius 3 is 2.79 bits per heavy atom. The molecule has 0 fully saturated rings. The largest absolute Gasteiger partial charge is 0.380 e. The molecular weight excluding hydrogens is 245 g/mol. The first-order valence-electron chi connectivity index (χ1n) is 6.34. The molecule has 0 amide bonds. The number of nitrogens with zero attached hydrogens (tertiary/aromatic N) is 1. The smallest absolute Gasteiger partial charge is 0.159 e. The lowest BCUT2D eigenvalue weighted by Crippen LogP contribution is -2.30. The van der Waals surface area contributed by atoms with E-state index in [9.17, 15) is 9.18 Å². The first-order chi connectivity index (χ1) is 9.11. The van der Waals surface area contributed by atoms with Crippen LogP contribution in [0.1, 0.15) is 23.7 Å². The van der Waals surface area contributed by atoms with Crippen LogP contribution < -0.4 is 4.90 Å². The number of hydrogen-bond donors (Lipinski definition) is 0. The molecule has 0 saturated heterocycles. The molecule has 1 aromatic rings. The summed E-state index contributed by atoms with van der Waals surface area (Å²) in [5, 5.41) is 0. The zero-order valence-corrected chi connectivity index (χ0v) is 11.3. The minimum Gasteiger partial charge on any atom is -0.380 e. The first-order valence-corrected chi connectivity index (χ1v) is 6.34. The number of methoxy groups -OCH3 is 1. The van der Waals surface area contributed by atoms with E-state index in [4.69, 9.17) is 4.74 Å². The molecule has 1 heterocycles. The highest BCUT2D eigenvalue weighted by Gasteiger charge is 2.16. The van der Waals surface area contributed by atoms with Crippen LogP contribution in [0.4, 0.5) is 10.1 Å². The van der Waals surface area contributed by atoms with Crippen LogP contribution in [0.3, 0.4) is 0 Å². The Bertz CT molecular complexity index is 511. The molecule has 4 heteroatoms. The highest BCUT2D eigenvalue weighted by molar-refractivity contribution is 5.94. The van der Waals surface area contributed by atoms with Crippen molar-refractivity contribution in [1.29, 1.82) is 0 Å². The number of Topliss-reactive ketones (excluding diaryl/α,β-unsaturated/α-hetero) is 1. The Morgan fingerprint density at radius 2 is 2.26 bits per heavy atom. The molecule has 1 aromatic carbocycles. The molecule has 0 bridgehead atoms. The van der Waals surface area contributed by atoms with Gasteiger partial charge >= 0.3 is 0 Å². The predicted molar refractivity (Wildman–Crippen MR) is 73.2 cm³/mol. The summed E-state index contributed by atoms with van der Waals surface area (Å²) in [5.74, 6) is -0.456. The fourth-order valence-corrected chi connectivity index (χ4v) is 2.23. The van der Waals surface area contributed by atoms with Gasteiger partial charge in [-0.3, -0.25) is 4.79 Å². The maximum Gasteiger partial charge on any atom is 0.159 e. The lowest BCUT2D eigenvalue weighted by Gasteiger charge is -2.28. The number of carbonyl (C=O) groups is 1. The van der Waals surface area contributed by atoms with E-state index >= 15 is 0 Å². The van der Waals surface area contributed by atoms with Crippen molar-refractivity contribution >= 4 is 11.5 Å². The minimum absolute atomic E-state index is 0.119. The van der Waals surface area contributed by atoms with E-state index in [1.165, 1.54) is 18.6 Å². The van der Waals surface area contributed by atoms with Gasteiger partial charge in [0.2, 0.25) is 0 Å². The van der Waals surface area contributed by atoms with E-state index in [-0.39, 0.29) is 11.6 Å². The van der Waals surface area contributed by atoms with E-state index in [1.807, 2.05) is 4.90 Å². The quantitative estimate of drug-likeness (QED) is 0.618. The number of anilines is 1. The SMILES string of the molecule is COCC1=CCN(c2ccc(C(C)=O)cc2F)CC1. The number of hydrogen-bond acceptors (Lipinski definition) is 3. The third-order valence-corrected chi connectivity index (χ3v) is 3.33. The second-order valence-electron chi connectivity index (χ2n) is 4.71. The van der Waals surface area contributed by atoms with Gasteiger partial charge in [0.1, 0.15) is 5.82 Å². The van der Waals surface area contributed by atoms with Gasteiger partial charge in [-0.1, -0.05) is 6.08 Å². The fourth-order valence-electron chi connectivity index (χ4n) is 2.23. The van der Waals surface area contributed by atoms with E-state index in [0.717, 1.165) is 13.0 Å². The zero-order valence-electron chi connectivity index (χ0n) is 11.3. The van der Waals surface area contributed by atoms with Gasteiger partial charge in [-0.15, -0.1) is 0 Å². The van der Waals surface area contributed by atoms with Crippen molar-refractivity contribution in [3.8, 4) is 0 Å². The topological polar surface area (TPSA) is 29.5 Å². The highest BCUT2D eigenvalue weighted by Crippen LogP contribution is 2.24. The Morgan fingerprint density at radius 1 is 1.47 bits per heavy atom. The molecule has 0 saturated carbocycles. The maximum atomic E-state index is 14.0. The van der Waals surface area contributed by atoms with Crippen LogP contribution in [0.5, 0.6) is 0 Å². The summed E-state index contributed by atoms with van der Waals surface area (Å²) in [6.07, 6.45) is 2.95. The summed E-state index contributed by atoms with van der Waals surface area (Å²) < 4.78 is 19.1. The van der Waals surface area contributed by atoms with E-state index < -0.39 is 0 Å². The van der Waals surface area contributed by atoms with Gasteiger partial charge in [0, 0.05) is 25.8 Å². The van der Waals surface area contributed by atoms with Gasteiger partial charge in [-0.2, -0.15) is 0 Å². The van der Waals surface area contributed by atoms with Crippen molar-refractivity contribution in [2.24, 2.45) is 0 Å². The van der Waals surface area contributed by atoms with Crippen molar-refractivity contribution in [2.75, 3.05) is 31.7 Å². The second kappa shape index (κ2) is 5.97. The van der Waals surface area contributed by atoms with E-state index in [2.05, 4.69) is 6.08 Å². The van der Waals surface area contributed by atoms with Gasteiger partial charge in [-0.05, 0) is 37.1 Å². The monoisotopic (exact) mass is 263 g/mol. The minimum atomic E-state index is -0.337. The molecule has 0 spiro atoms. The Hall–Kier alpha value is -1.68. The Kier molecular flexibility index (Phi) is 4.32. The third kappa shape index (κ3) is 3.20. The number of ether oxygens (including phenoxy) is 1. The van der Waals surface area contributed by atoms with Crippen LogP contribution in [0.2, 0.25) is 0 Å². The number of rotatable bonds is 4. The highest BCUT2D eigenvalue weighted by atomic mass is 19.1. The lowest BCUT2D eigenvalue weighted by atomic mass is 10.1. The van der Waals surface area contributed by atoms with Crippen LogP contribution in [0.25, 0.3) is 0 Å². The van der Waals surface area contributed by atoms with Crippen LogP contribution >= 0.6 is 0 Å². The molecular formula is C15H18FNO2. The molecule has 0 aliphatic carbocycles. The Labute approximate surface area is 112 Å². The molecule has 0 unspecified atom stereocenters.